The molecule has 0 bridgehead atoms. The first-order chi connectivity index (χ1) is 12.5. The normalized spacial score (nSPS) is 10.9. The van der Waals surface area contributed by atoms with Gasteiger partial charge in [-0.25, -0.2) is 0 Å². The molecule has 0 radical (unpaired) electrons. The third-order valence-corrected chi connectivity index (χ3v) is 4.31. The highest BCUT2D eigenvalue weighted by Gasteiger charge is 2.10. The highest BCUT2D eigenvalue weighted by atomic mass is 16.2. The molecule has 0 saturated heterocycles. The van der Waals surface area contributed by atoms with Crippen molar-refractivity contribution in [3.8, 4) is 11.4 Å². The maximum absolute atomic E-state index is 12.1. The molecular formula is C20H23N5O. The van der Waals surface area contributed by atoms with E-state index in [0.29, 0.717) is 18.3 Å². The van der Waals surface area contributed by atoms with Crippen LogP contribution in [0.3, 0.4) is 0 Å². The summed E-state index contributed by atoms with van der Waals surface area (Å²) in [4.78, 5) is 13.4. The molecule has 6 heteroatoms. The van der Waals surface area contributed by atoms with Crippen molar-refractivity contribution in [1.82, 2.24) is 25.5 Å². The summed E-state index contributed by atoms with van der Waals surface area (Å²) in [6.45, 7) is 6.86. The van der Waals surface area contributed by atoms with E-state index in [1.807, 2.05) is 43.3 Å². The number of tetrazole rings is 1. The molecule has 1 aromatic heterocycles. The van der Waals surface area contributed by atoms with Crippen LogP contribution < -0.4 is 5.32 Å². The van der Waals surface area contributed by atoms with Gasteiger partial charge in [-0.3, -0.25) is 4.79 Å². The van der Waals surface area contributed by atoms with Crippen LogP contribution in [0.2, 0.25) is 0 Å². The summed E-state index contributed by atoms with van der Waals surface area (Å²) < 4.78 is 0. The number of benzene rings is 2. The van der Waals surface area contributed by atoms with Crippen molar-refractivity contribution in [2.24, 2.45) is 0 Å². The van der Waals surface area contributed by atoms with E-state index in [1.54, 1.807) is 0 Å². The molecule has 0 aliphatic heterocycles. The smallest absolute Gasteiger partial charge is 0.243 e. The molecule has 6 nitrogen and oxygen atoms in total. The number of hydrogen-bond donors (Lipinski definition) is 1. The SMILES string of the molecule is Cc1ccccc1CNC(=O)Cn1nnc(-c2ccc(C(C)C)cc2)n1. The van der Waals surface area contributed by atoms with Gasteiger partial charge in [-0.15, -0.1) is 10.2 Å². The third-order valence-electron chi connectivity index (χ3n) is 4.31. The predicted octanol–water partition coefficient (Wildman–Crippen LogP) is 3.09. The minimum Gasteiger partial charge on any atom is -0.350 e. The van der Waals surface area contributed by atoms with E-state index in [0.717, 1.165) is 16.7 Å². The van der Waals surface area contributed by atoms with E-state index >= 15 is 0 Å². The third kappa shape index (κ3) is 4.33. The summed E-state index contributed by atoms with van der Waals surface area (Å²) in [5.41, 5.74) is 4.40. The number of hydrogen-bond acceptors (Lipinski definition) is 4. The van der Waals surface area contributed by atoms with Gasteiger partial charge in [0.1, 0.15) is 6.54 Å². The van der Waals surface area contributed by atoms with E-state index in [1.165, 1.54) is 10.4 Å². The van der Waals surface area contributed by atoms with Gasteiger partial charge in [-0.05, 0) is 34.7 Å². The molecule has 0 atom stereocenters. The van der Waals surface area contributed by atoms with Crippen LogP contribution in [0.15, 0.2) is 48.5 Å². The maximum Gasteiger partial charge on any atom is 0.243 e. The molecule has 0 aliphatic carbocycles. The van der Waals surface area contributed by atoms with Crippen molar-refractivity contribution in [3.63, 3.8) is 0 Å². The molecule has 0 fully saturated rings. The fourth-order valence-corrected chi connectivity index (χ4v) is 2.63. The van der Waals surface area contributed by atoms with Gasteiger partial charge in [-0.2, -0.15) is 4.80 Å². The van der Waals surface area contributed by atoms with Crippen molar-refractivity contribution in [1.29, 1.82) is 0 Å². The summed E-state index contributed by atoms with van der Waals surface area (Å²) in [7, 11) is 0. The van der Waals surface area contributed by atoms with E-state index in [-0.39, 0.29) is 12.5 Å². The van der Waals surface area contributed by atoms with Gasteiger partial charge in [0.25, 0.3) is 0 Å². The Morgan fingerprint density at radius 1 is 1.12 bits per heavy atom. The van der Waals surface area contributed by atoms with Crippen molar-refractivity contribution in [3.05, 3.63) is 65.2 Å². The van der Waals surface area contributed by atoms with Gasteiger partial charge in [0.15, 0.2) is 0 Å². The number of aryl methyl sites for hydroxylation is 1. The lowest BCUT2D eigenvalue weighted by atomic mass is 10.0. The Morgan fingerprint density at radius 3 is 2.54 bits per heavy atom. The molecule has 0 spiro atoms. The number of amides is 1. The van der Waals surface area contributed by atoms with Gasteiger partial charge in [-0.1, -0.05) is 62.4 Å². The minimum atomic E-state index is -0.146. The van der Waals surface area contributed by atoms with Gasteiger partial charge in [0.05, 0.1) is 0 Å². The Kier molecular flexibility index (Phi) is 5.41. The molecule has 1 N–H and O–H groups in total. The van der Waals surface area contributed by atoms with Crippen LogP contribution >= 0.6 is 0 Å². The molecule has 2 aromatic carbocycles. The van der Waals surface area contributed by atoms with E-state index in [9.17, 15) is 4.79 Å². The zero-order chi connectivity index (χ0) is 18.5. The minimum absolute atomic E-state index is 0.0446. The summed E-state index contributed by atoms with van der Waals surface area (Å²) >= 11 is 0. The first-order valence-corrected chi connectivity index (χ1v) is 8.72. The van der Waals surface area contributed by atoms with Crippen LogP contribution in [0.25, 0.3) is 11.4 Å². The lowest BCUT2D eigenvalue weighted by molar-refractivity contribution is -0.122. The number of carbonyl (C=O) groups excluding carboxylic acids is 1. The van der Waals surface area contributed by atoms with Crippen molar-refractivity contribution < 1.29 is 4.79 Å². The zero-order valence-electron chi connectivity index (χ0n) is 15.3. The van der Waals surface area contributed by atoms with E-state index < -0.39 is 0 Å². The molecule has 3 aromatic rings. The van der Waals surface area contributed by atoms with Gasteiger partial charge in [0.2, 0.25) is 11.7 Å². The fourth-order valence-electron chi connectivity index (χ4n) is 2.63. The standard InChI is InChI=1S/C20H23N5O/c1-14(2)16-8-10-17(11-9-16)20-22-24-25(23-20)13-19(26)21-12-18-7-5-4-6-15(18)3/h4-11,14H,12-13H2,1-3H3,(H,21,26). The van der Waals surface area contributed by atoms with Crippen LogP contribution in [-0.2, 0) is 17.9 Å². The molecule has 3 rings (SSSR count). The Bertz CT molecular complexity index is 883. The summed E-state index contributed by atoms with van der Waals surface area (Å²) in [5, 5.41) is 15.2. The topological polar surface area (TPSA) is 72.7 Å². The number of carbonyl (C=O) groups is 1. The number of aromatic nitrogens is 4. The fraction of sp³-hybridized carbons (Fsp3) is 0.300. The monoisotopic (exact) mass is 349 g/mol. The average Bonchev–Trinajstić information content (AvgIpc) is 3.09. The lowest BCUT2D eigenvalue weighted by Crippen LogP contribution is -2.28. The average molecular weight is 349 g/mol. The zero-order valence-corrected chi connectivity index (χ0v) is 15.3. The van der Waals surface area contributed by atoms with Crippen LogP contribution in [0.1, 0.15) is 36.5 Å². The first kappa shape index (κ1) is 17.8. The second kappa shape index (κ2) is 7.91. The van der Waals surface area contributed by atoms with E-state index in [2.05, 4.69) is 46.7 Å². The van der Waals surface area contributed by atoms with Crippen molar-refractivity contribution in [2.45, 2.75) is 39.8 Å². The number of nitrogens with zero attached hydrogens (tertiary/aromatic N) is 4. The molecule has 0 saturated carbocycles. The summed E-state index contributed by atoms with van der Waals surface area (Å²) in [5.74, 6) is 0.851. The second-order valence-electron chi connectivity index (χ2n) is 6.62. The highest BCUT2D eigenvalue weighted by molar-refractivity contribution is 5.75. The quantitative estimate of drug-likeness (QED) is 0.742. The molecule has 134 valence electrons. The van der Waals surface area contributed by atoms with E-state index in [4.69, 9.17) is 0 Å². The van der Waals surface area contributed by atoms with Crippen LogP contribution in [0.4, 0.5) is 0 Å². The first-order valence-electron chi connectivity index (χ1n) is 8.72. The molecule has 0 aliphatic rings. The Hall–Kier alpha value is -3.02. The Morgan fingerprint density at radius 2 is 1.85 bits per heavy atom. The van der Waals surface area contributed by atoms with Crippen LogP contribution in [-0.4, -0.2) is 26.1 Å². The number of rotatable bonds is 6. The van der Waals surface area contributed by atoms with Crippen LogP contribution in [0, 0.1) is 6.92 Å². The summed E-state index contributed by atoms with van der Waals surface area (Å²) in [6.07, 6.45) is 0. The number of nitrogens with one attached hydrogen (secondary N) is 1. The highest BCUT2D eigenvalue weighted by Crippen LogP contribution is 2.19. The predicted molar refractivity (Wildman–Crippen MR) is 100 cm³/mol. The Balaban J connectivity index is 1.59. The van der Waals surface area contributed by atoms with Crippen LogP contribution in [0.5, 0.6) is 0 Å². The lowest BCUT2D eigenvalue weighted by Gasteiger charge is -2.07. The molecule has 1 heterocycles. The Labute approximate surface area is 153 Å². The van der Waals surface area contributed by atoms with Crippen molar-refractivity contribution >= 4 is 5.91 Å². The maximum atomic E-state index is 12.1. The largest absolute Gasteiger partial charge is 0.350 e. The van der Waals surface area contributed by atoms with Gasteiger partial charge >= 0.3 is 0 Å². The molecule has 26 heavy (non-hydrogen) atoms. The second-order valence-corrected chi connectivity index (χ2v) is 6.62. The molecular weight excluding hydrogens is 326 g/mol. The van der Waals surface area contributed by atoms with Crippen molar-refractivity contribution in [2.75, 3.05) is 0 Å². The van der Waals surface area contributed by atoms with Gasteiger partial charge < -0.3 is 5.32 Å². The molecule has 1 amide bonds. The summed E-state index contributed by atoms with van der Waals surface area (Å²) in [6, 6.07) is 16.1. The van der Waals surface area contributed by atoms with Gasteiger partial charge in [0, 0.05) is 12.1 Å². The molecule has 0 unspecified atom stereocenters.